The lowest BCUT2D eigenvalue weighted by molar-refractivity contribution is -0.168. The summed E-state index contributed by atoms with van der Waals surface area (Å²) in [6.45, 7) is 10.5. The summed E-state index contributed by atoms with van der Waals surface area (Å²) in [6, 6.07) is 2.06. The number of Topliss-reactive ketones (excluding diaryl/α,β-unsaturated/α-hetero) is 2. The van der Waals surface area contributed by atoms with E-state index in [1.807, 2.05) is 20.1 Å². The standard InChI is InChI=1S/C27H32O6/c1-23(2)19-17(30-6)21(29)26(5)15(25(19,4)22-18(32-22)20(23)28)7-9-24(3)14(13-8-10-31-12-13)11-16-27(24,26)33-16/h8,10,12,14-16,18,22H,7,9,11H2,1-6H3/t14-,15+,16+,18+,22+,24-,25+,26-,27+/m0/s1. The van der Waals surface area contributed by atoms with Crippen molar-refractivity contribution in [3.63, 3.8) is 0 Å². The van der Waals surface area contributed by atoms with Gasteiger partial charge in [0.1, 0.15) is 17.8 Å². The molecular formula is C27H32O6. The molecule has 6 aliphatic rings. The molecule has 0 radical (unpaired) electrons. The fourth-order valence-electron chi connectivity index (χ4n) is 9.75. The van der Waals surface area contributed by atoms with E-state index in [0.29, 0.717) is 11.7 Å². The number of hydrogen-bond donors (Lipinski definition) is 0. The molecule has 2 aliphatic heterocycles. The molecule has 1 aromatic rings. The minimum absolute atomic E-state index is 0.00344. The number of hydrogen-bond acceptors (Lipinski definition) is 6. The molecule has 0 bridgehead atoms. The van der Waals surface area contributed by atoms with Crippen LogP contribution in [0.4, 0.5) is 0 Å². The Labute approximate surface area is 194 Å². The van der Waals surface area contributed by atoms with E-state index in [4.69, 9.17) is 18.6 Å². The molecule has 6 nitrogen and oxygen atoms in total. The van der Waals surface area contributed by atoms with Crippen LogP contribution in [0.1, 0.15) is 65.4 Å². The van der Waals surface area contributed by atoms with E-state index in [1.54, 1.807) is 13.4 Å². The molecule has 5 fully saturated rings. The molecule has 2 saturated heterocycles. The molecule has 33 heavy (non-hydrogen) atoms. The van der Waals surface area contributed by atoms with Crippen molar-refractivity contribution in [3.8, 4) is 0 Å². The molecular weight excluding hydrogens is 420 g/mol. The van der Waals surface area contributed by atoms with Crippen molar-refractivity contribution in [1.29, 1.82) is 0 Å². The van der Waals surface area contributed by atoms with Gasteiger partial charge in [0.15, 0.2) is 11.5 Å². The van der Waals surface area contributed by atoms with Gasteiger partial charge in [0.05, 0.1) is 36.6 Å². The first-order valence-corrected chi connectivity index (χ1v) is 12.2. The maximum absolute atomic E-state index is 14.5. The number of epoxide rings is 2. The minimum Gasteiger partial charge on any atom is -0.493 e. The first-order chi connectivity index (χ1) is 15.5. The van der Waals surface area contributed by atoms with Gasteiger partial charge in [-0.3, -0.25) is 9.59 Å². The van der Waals surface area contributed by atoms with Gasteiger partial charge in [0.2, 0.25) is 5.78 Å². The third kappa shape index (κ3) is 1.82. The van der Waals surface area contributed by atoms with Gasteiger partial charge in [-0.25, -0.2) is 0 Å². The van der Waals surface area contributed by atoms with E-state index in [0.717, 1.165) is 24.8 Å². The third-order valence-corrected chi connectivity index (χ3v) is 11.1. The van der Waals surface area contributed by atoms with Crippen LogP contribution in [0, 0.1) is 27.6 Å². The Bertz CT molecular complexity index is 1150. The smallest absolute Gasteiger partial charge is 0.206 e. The van der Waals surface area contributed by atoms with E-state index in [-0.39, 0.29) is 41.2 Å². The van der Waals surface area contributed by atoms with E-state index in [1.165, 1.54) is 5.56 Å². The van der Waals surface area contributed by atoms with Crippen LogP contribution in [-0.4, -0.2) is 42.6 Å². The zero-order chi connectivity index (χ0) is 23.3. The summed E-state index contributed by atoms with van der Waals surface area (Å²) in [4.78, 5) is 27.7. The Hall–Kier alpha value is -1.92. The lowest BCUT2D eigenvalue weighted by Crippen LogP contribution is -2.68. The summed E-state index contributed by atoms with van der Waals surface area (Å²) in [5.74, 6) is 0.743. The fraction of sp³-hybridized carbons (Fsp3) is 0.704. The van der Waals surface area contributed by atoms with Crippen molar-refractivity contribution in [3.05, 3.63) is 35.5 Å². The second-order valence-electron chi connectivity index (χ2n) is 12.4. The number of ketones is 2. The van der Waals surface area contributed by atoms with Crippen molar-refractivity contribution in [2.24, 2.45) is 27.6 Å². The van der Waals surface area contributed by atoms with Crippen LogP contribution in [0.5, 0.6) is 0 Å². The van der Waals surface area contributed by atoms with Crippen molar-refractivity contribution in [2.75, 3.05) is 7.11 Å². The summed E-state index contributed by atoms with van der Waals surface area (Å²) in [6.07, 6.45) is 5.80. The topological polar surface area (TPSA) is 81.6 Å². The second-order valence-corrected chi connectivity index (χ2v) is 12.4. The van der Waals surface area contributed by atoms with Gasteiger partial charge >= 0.3 is 0 Å². The first kappa shape index (κ1) is 20.5. The number of methoxy groups -OCH3 is 1. The van der Waals surface area contributed by atoms with E-state index < -0.39 is 21.8 Å². The molecule has 7 rings (SSSR count). The summed E-state index contributed by atoms with van der Waals surface area (Å²) >= 11 is 0. The number of carbonyl (C=O) groups is 2. The van der Waals surface area contributed by atoms with Gasteiger partial charge < -0.3 is 18.6 Å². The third-order valence-electron chi connectivity index (χ3n) is 11.1. The van der Waals surface area contributed by atoms with Crippen LogP contribution in [0.2, 0.25) is 0 Å². The van der Waals surface area contributed by atoms with Crippen molar-refractivity contribution >= 4 is 11.6 Å². The van der Waals surface area contributed by atoms with Gasteiger partial charge in [-0.1, -0.05) is 13.8 Å². The van der Waals surface area contributed by atoms with Gasteiger partial charge in [0.25, 0.3) is 0 Å². The lowest BCUT2D eigenvalue weighted by Gasteiger charge is -2.63. The van der Waals surface area contributed by atoms with Crippen LogP contribution in [0.25, 0.3) is 0 Å². The predicted molar refractivity (Wildman–Crippen MR) is 117 cm³/mol. The number of rotatable bonds is 2. The first-order valence-electron chi connectivity index (χ1n) is 12.2. The molecule has 0 amide bonds. The molecule has 0 N–H and O–H groups in total. The van der Waals surface area contributed by atoms with Crippen molar-refractivity contribution in [1.82, 2.24) is 0 Å². The maximum Gasteiger partial charge on any atom is 0.206 e. The Morgan fingerprint density at radius 1 is 1.12 bits per heavy atom. The summed E-state index contributed by atoms with van der Waals surface area (Å²) < 4.78 is 24.0. The molecule has 4 aliphatic carbocycles. The number of allylic oxidation sites excluding steroid dienone is 1. The normalized spacial score (nSPS) is 53.0. The van der Waals surface area contributed by atoms with Crippen LogP contribution < -0.4 is 0 Å². The maximum atomic E-state index is 14.5. The zero-order valence-corrected chi connectivity index (χ0v) is 20.2. The molecule has 0 unspecified atom stereocenters. The summed E-state index contributed by atoms with van der Waals surface area (Å²) in [5, 5.41) is 0. The number of furan rings is 1. The van der Waals surface area contributed by atoms with Gasteiger partial charge in [-0.05, 0) is 69.1 Å². The number of ether oxygens (including phenoxy) is 3. The second kappa shape index (κ2) is 5.49. The van der Waals surface area contributed by atoms with Crippen LogP contribution in [-0.2, 0) is 23.8 Å². The minimum atomic E-state index is -0.800. The fourth-order valence-corrected chi connectivity index (χ4v) is 9.75. The molecule has 176 valence electrons. The number of fused-ring (bicyclic) bond motifs is 5. The SMILES string of the molecule is COC1=C2C(C)(C)C(=O)[C@H]3O[C@H]3[C@]2(C)[C@H]2CC[C@@]3(C)[C@H](c4ccoc4)C[C@H]4O[C@]43[C@]2(C)C1=O. The van der Waals surface area contributed by atoms with Crippen molar-refractivity contribution in [2.45, 2.75) is 83.7 Å². The Morgan fingerprint density at radius 3 is 2.55 bits per heavy atom. The quantitative estimate of drug-likeness (QED) is 0.626. The largest absolute Gasteiger partial charge is 0.493 e. The van der Waals surface area contributed by atoms with Gasteiger partial charge in [-0.15, -0.1) is 0 Å². The van der Waals surface area contributed by atoms with Crippen LogP contribution in [0.3, 0.4) is 0 Å². The monoisotopic (exact) mass is 452 g/mol. The molecule has 1 spiro atoms. The lowest BCUT2D eigenvalue weighted by atomic mass is 9.38. The Balaban J connectivity index is 1.46. The van der Waals surface area contributed by atoms with E-state index in [2.05, 4.69) is 26.8 Å². The highest BCUT2D eigenvalue weighted by atomic mass is 16.6. The number of carbonyl (C=O) groups excluding carboxylic acids is 2. The molecule has 9 atom stereocenters. The van der Waals surface area contributed by atoms with Crippen LogP contribution in [0.15, 0.2) is 34.3 Å². The van der Waals surface area contributed by atoms with Crippen LogP contribution >= 0.6 is 0 Å². The zero-order valence-electron chi connectivity index (χ0n) is 20.2. The average molecular weight is 453 g/mol. The predicted octanol–water partition coefficient (Wildman–Crippen LogP) is 4.19. The Morgan fingerprint density at radius 2 is 1.88 bits per heavy atom. The van der Waals surface area contributed by atoms with E-state index in [9.17, 15) is 9.59 Å². The molecule has 3 heterocycles. The summed E-state index contributed by atoms with van der Waals surface area (Å²) in [7, 11) is 1.57. The molecule has 0 aromatic carbocycles. The molecule has 1 aromatic heterocycles. The molecule has 6 heteroatoms. The summed E-state index contributed by atoms with van der Waals surface area (Å²) in [5.41, 5.74) is -0.685. The van der Waals surface area contributed by atoms with Gasteiger partial charge in [-0.2, -0.15) is 0 Å². The van der Waals surface area contributed by atoms with Gasteiger partial charge in [0, 0.05) is 10.8 Å². The highest BCUT2D eigenvalue weighted by molar-refractivity contribution is 6.06. The van der Waals surface area contributed by atoms with E-state index >= 15 is 0 Å². The molecule has 3 saturated carbocycles. The average Bonchev–Trinajstić information content (AvgIpc) is 3.64. The highest BCUT2D eigenvalue weighted by Crippen LogP contribution is 2.82. The van der Waals surface area contributed by atoms with Crippen molar-refractivity contribution < 1.29 is 28.2 Å². The Kier molecular flexibility index (Phi) is 3.40. The highest BCUT2D eigenvalue weighted by Gasteiger charge is 2.88.